The number of hydrogen-bond acceptors (Lipinski definition) is 3. The second-order valence-corrected chi connectivity index (χ2v) is 9.39. The molecule has 9 heteroatoms. The fourth-order valence-corrected chi connectivity index (χ4v) is 4.49. The van der Waals surface area contributed by atoms with Crippen molar-refractivity contribution in [2.45, 2.75) is 26.8 Å². The van der Waals surface area contributed by atoms with Crippen LogP contribution < -0.4 is 10.6 Å². The molecule has 0 spiro atoms. The van der Waals surface area contributed by atoms with Crippen LogP contribution in [0.4, 0.5) is 5.69 Å². The van der Waals surface area contributed by atoms with Crippen LogP contribution in [0.1, 0.15) is 40.3 Å². The lowest BCUT2D eigenvalue weighted by atomic mass is 10.1. The number of rotatable bonds is 5. The van der Waals surface area contributed by atoms with E-state index in [2.05, 4.69) is 15.6 Å². The zero-order valence-corrected chi connectivity index (χ0v) is 20.9. The second-order valence-electron chi connectivity index (χ2n) is 8.11. The number of amides is 2. The van der Waals surface area contributed by atoms with Crippen molar-refractivity contribution < 1.29 is 9.59 Å². The Hall–Kier alpha value is -3.06. The predicted octanol–water partition coefficient (Wildman–Crippen LogP) is 6.66. The number of halogens is 3. The summed E-state index contributed by atoms with van der Waals surface area (Å²) in [5, 5.41) is 6.96. The van der Waals surface area contributed by atoms with E-state index in [1.165, 1.54) is 6.07 Å². The maximum Gasteiger partial charge on any atom is 0.276 e. The first-order chi connectivity index (χ1) is 16.2. The summed E-state index contributed by atoms with van der Waals surface area (Å²) >= 11 is 18.8. The van der Waals surface area contributed by atoms with Gasteiger partial charge in [-0.2, -0.15) is 0 Å². The fourth-order valence-electron chi connectivity index (χ4n) is 3.71. The van der Waals surface area contributed by atoms with E-state index in [4.69, 9.17) is 34.8 Å². The third kappa shape index (κ3) is 4.75. The van der Waals surface area contributed by atoms with E-state index in [0.29, 0.717) is 37.6 Å². The van der Waals surface area contributed by atoms with Crippen LogP contribution >= 0.6 is 34.8 Å². The fraction of sp³-hybridized carbons (Fsp3) is 0.160. The maximum atomic E-state index is 13.6. The van der Waals surface area contributed by atoms with E-state index in [-0.39, 0.29) is 23.2 Å². The number of nitrogens with one attached hydrogen (secondary N) is 2. The zero-order valence-electron chi connectivity index (χ0n) is 18.6. The minimum absolute atomic E-state index is 0.0909. The van der Waals surface area contributed by atoms with Gasteiger partial charge >= 0.3 is 0 Å². The molecular weight excluding hydrogens is 495 g/mol. The molecule has 0 saturated heterocycles. The number of carbonyl (C=O) groups is 2. The molecule has 0 fully saturated rings. The Morgan fingerprint density at radius 2 is 1.76 bits per heavy atom. The predicted molar refractivity (Wildman–Crippen MR) is 137 cm³/mol. The third-order valence-electron chi connectivity index (χ3n) is 5.18. The second kappa shape index (κ2) is 9.66. The average molecular weight is 516 g/mol. The highest BCUT2D eigenvalue weighted by atomic mass is 35.5. The molecule has 0 aliphatic heterocycles. The van der Waals surface area contributed by atoms with Crippen LogP contribution in [-0.4, -0.2) is 27.2 Å². The van der Waals surface area contributed by atoms with Crippen LogP contribution in [0.15, 0.2) is 54.9 Å². The first-order valence-corrected chi connectivity index (χ1v) is 11.6. The first kappa shape index (κ1) is 24.1. The van der Waals surface area contributed by atoms with Gasteiger partial charge in [0.25, 0.3) is 11.8 Å². The van der Waals surface area contributed by atoms with Gasteiger partial charge in [0.15, 0.2) is 5.69 Å². The van der Waals surface area contributed by atoms with E-state index in [9.17, 15) is 9.59 Å². The Labute approximate surface area is 211 Å². The summed E-state index contributed by atoms with van der Waals surface area (Å²) in [6.45, 7) is 5.48. The molecule has 0 bridgehead atoms. The lowest BCUT2D eigenvalue weighted by Gasteiger charge is -2.18. The molecule has 2 aromatic heterocycles. The normalized spacial score (nSPS) is 11.1. The van der Waals surface area contributed by atoms with Crippen molar-refractivity contribution in [2.75, 3.05) is 5.32 Å². The van der Waals surface area contributed by atoms with Crippen LogP contribution in [0.25, 0.3) is 16.8 Å². The molecule has 2 N–H and O–H groups in total. The molecule has 4 rings (SSSR count). The number of carbonyl (C=O) groups excluding carboxylic acids is 2. The Bertz CT molecular complexity index is 1430. The van der Waals surface area contributed by atoms with Gasteiger partial charge in [-0.1, -0.05) is 34.8 Å². The summed E-state index contributed by atoms with van der Waals surface area (Å²) in [6, 6.07) is 11.9. The quantitative estimate of drug-likeness (QED) is 0.312. The van der Waals surface area contributed by atoms with E-state index in [0.717, 1.165) is 5.52 Å². The van der Waals surface area contributed by atoms with Gasteiger partial charge in [0.1, 0.15) is 0 Å². The average Bonchev–Trinajstić information content (AvgIpc) is 3.23. The summed E-state index contributed by atoms with van der Waals surface area (Å²) in [6.07, 6.45) is 3.42. The highest BCUT2D eigenvalue weighted by Gasteiger charge is 2.23. The van der Waals surface area contributed by atoms with Crippen LogP contribution in [0.5, 0.6) is 0 Å². The number of anilines is 1. The van der Waals surface area contributed by atoms with Gasteiger partial charge in [-0.25, -0.2) is 4.98 Å². The number of fused-ring (bicyclic) bond motifs is 1. The monoisotopic (exact) mass is 514 g/mol. The molecule has 0 radical (unpaired) electrons. The van der Waals surface area contributed by atoms with Crippen molar-refractivity contribution in [3.05, 3.63) is 86.7 Å². The van der Waals surface area contributed by atoms with E-state index in [1.54, 1.807) is 37.4 Å². The van der Waals surface area contributed by atoms with Crippen LogP contribution in [0, 0.1) is 6.92 Å². The molecule has 2 aromatic carbocycles. The summed E-state index contributed by atoms with van der Waals surface area (Å²) < 4.78 is 1.83. The van der Waals surface area contributed by atoms with E-state index >= 15 is 0 Å². The Morgan fingerprint density at radius 3 is 2.47 bits per heavy atom. The van der Waals surface area contributed by atoms with Gasteiger partial charge in [0, 0.05) is 27.8 Å². The minimum Gasteiger partial charge on any atom is -0.350 e. The number of aromatic nitrogens is 2. The molecule has 4 aromatic rings. The first-order valence-electron chi connectivity index (χ1n) is 10.5. The van der Waals surface area contributed by atoms with Gasteiger partial charge in [-0.15, -0.1) is 0 Å². The molecule has 0 aliphatic rings. The van der Waals surface area contributed by atoms with Gasteiger partial charge < -0.3 is 15.0 Å². The lowest BCUT2D eigenvalue weighted by Crippen LogP contribution is -2.31. The topological polar surface area (TPSA) is 75.5 Å². The van der Waals surface area contributed by atoms with Crippen molar-refractivity contribution in [1.82, 2.24) is 14.7 Å². The molecule has 0 atom stereocenters. The van der Waals surface area contributed by atoms with Gasteiger partial charge in [0.05, 0.1) is 33.7 Å². The van der Waals surface area contributed by atoms with Crippen LogP contribution in [0.3, 0.4) is 0 Å². The molecule has 34 heavy (non-hydrogen) atoms. The Kier molecular flexibility index (Phi) is 6.84. The van der Waals surface area contributed by atoms with E-state index < -0.39 is 5.91 Å². The van der Waals surface area contributed by atoms with Gasteiger partial charge in [0.2, 0.25) is 0 Å². The number of hydrogen-bond donors (Lipinski definition) is 2. The minimum atomic E-state index is -0.499. The van der Waals surface area contributed by atoms with Gasteiger partial charge in [-0.05, 0) is 68.8 Å². The maximum absolute atomic E-state index is 13.6. The number of nitrogens with zero attached hydrogens (tertiary/aromatic N) is 2. The SMILES string of the molecule is Cc1cc(Cl)cc(C(=O)NC(C)C)c1NC(=O)c1ncc2cccn2c1-c1ccc(Cl)cc1Cl. The summed E-state index contributed by atoms with van der Waals surface area (Å²) in [5.41, 5.74) is 3.28. The number of benzene rings is 2. The largest absolute Gasteiger partial charge is 0.350 e. The molecule has 0 aliphatic carbocycles. The summed E-state index contributed by atoms with van der Waals surface area (Å²) in [4.78, 5) is 30.8. The Morgan fingerprint density at radius 1 is 1.00 bits per heavy atom. The zero-order chi connectivity index (χ0) is 24.6. The van der Waals surface area contributed by atoms with Crippen LogP contribution in [0.2, 0.25) is 15.1 Å². The Balaban J connectivity index is 1.84. The third-order valence-corrected chi connectivity index (χ3v) is 5.94. The molecule has 6 nitrogen and oxygen atoms in total. The van der Waals surface area contributed by atoms with Crippen molar-refractivity contribution in [1.29, 1.82) is 0 Å². The van der Waals surface area contributed by atoms with Crippen molar-refractivity contribution >= 4 is 57.8 Å². The van der Waals surface area contributed by atoms with Gasteiger partial charge in [-0.3, -0.25) is 9.59 Å². The highest BCUT2D eigenvalue weighted by molar-refractivity contribution is 6.36. The van der Waals surface area contributed by atoms with E-state index in [1.807, 2.05) is 36.6 Å². The smallest absolute Gasteiger partial charge is 0.276 e. The molecule has 2 heterocycles. The summed E-state index contributed by atoms with van der Waals surface area (Å²) in [7, 11) is 0. The standard InChI is InChI=1S/C25H21Cl3N4O2/c1-13(2)30-24(33)19-10-16(27)9-14(3)21(19)31-25(34)22-23(18-7-6-15(26)11-20(18)28)32-8-4-5-17(32)12-29-22/h4-13H,1-3H3,(H,30,33)(H,31,34). The van der Waals surface area contributed by atoms with Crippen molar-refractivity contribution in [2.24, 2.45) is 0 Å². The van der Waals surface area contributed by atoms with Crippen molar-refractivity contribution in [3.63, 3.8) is 0 Å². The van der Waals surface area contributed by atoms with Crippen molar-refractivity contribution in [3.8, 4) is 11.3 Å². The lowest BCUT2D eigenvalue weighted by molar-refractivity contribution is 0.0944. The molecular formula is C25H21Cl3N4O2. The highest BCUT2D eigenvalue weighted by Crippen LogP contribution is 2.34. The van der Waals surface area contributed by atoms with Crippen LogP contribution in [-0.2, 0) is 0 Å². The molecule has 174 valence electrons. The summed E-state index contributed by atoms with van der Waals surface area (Å²) in [5.74, 6) is -0.841. The molecule has 2 amide bonds. The molecule has 0 unspecified atom stereocenters. The number of aryl methyl sites for hydroxylation is 1. The molecule has 0 saturated carbocycles.